The number of rotatable bonds is 13. The molecule has 5 atom stereocenters. The average Bonchev–Trinajstić information content (AvgIpc) is 3.24. The standard InChI is InChI=1S/C27H41FN3O6PS2.CH4O/c1-17(2)31(18(3)4)38(35-16-15-34-20-11-9-10-12-21(20)39-40-27(6,7)8)37-24-19(5)36-25(23(24)28)30-14-13-22(32)29-26(30)33;1-2/h9-14,17-19,23-25H,15-16H2,1-8H3,(H,29,32,33);2H,1H3/i5D;2T. The molecule has 2 aromatic rings. The van der Waals surface area contributed by atoms with Crippen LogP contribution in [0.5, 0.6) is 5.75 Å². The molecular formula is C28H45FN3O7PS2. The first-order chi connectivity index (χ1) is 20.7. The molecule has 0 amide bonds. The van der Waals surface area contributed by atoms with Crippen LogP contribution in [0.3, 0.4) is 0 Å². The zero-order valence-corrected chi connectivity index (χ0v) is 28.0. The van der Waals surface area contributed by atoms with E-state index in [1.165, 1.54) is 13.3 Å². The van der Waals surface area contributed by atoms with Gasteiger partial charge in [-0.1, -0.05) is 54.5 Å². The molecule has 1 saturated heterocycles. The first kappa shape index (κ1) is 33.5. The molecular weight excluding hydrogens is 604 g/mol. The van der Waals surface area contributed by atoms with E-state index in [2.05, 4.69) is 30.9 Å². The summed E-state index contributed by atoms with van der Waals surface area (Å²) in [5.41, 5.74) is -1.39. The van der Waals surface area contributed by atoms with E-state index in [4.69, 9.17) is 21.3 Å². The number of hydrogen-bond donors (Lipinski definition) is 2. The van der Waals surface area contributed by atoms with Crippen LogP contribution in [0.1, 0.15) is 63.0 Å². The van der Waals surface area contributed by atoms with Crippen LogP contribution in [0.25, 0.3) is 0 Å². The molecule has 0 spiro atoms. The van der Waals surface area contributed by atoms with E-state index in [9.17, 15) is 9.59 Å². The molecule has 3 rings (SSSR count). The lowest BCUT2D eigenvalue weighted by Gasteiger charge is -2.37. The van der Waals surface area contributed by atoms with Crippen LogP contribution in [-0.2, 0) is 13.8 Å². The first-order valence-electron chi connectivity index (χ1n) is 14.7. The molecule has 14 heteroatoms. The Morgan fingerprint density at radius 1 is 1.24 bits per heavy atom. The number of ether oxygens (including phenoxy) is 2. The minimum atomic E-state index is -1.79. The number of halogens is 1. The van der Waals surface area contributed by atoms with E-state index in [0.717, 1.165) is 21.3 Å². The highest BCUT2D eigenvalue weighted by molar-refractivity contribution is 8.77. The molecule has 2 N–H and O–H groups in total. The van der Waals surface area contributed by atoms with Crippen LogP contribution in [0, 0.1) is 0 Å². The van der Waals surface area contributed by atoms with E-state index in [1.807, 2.05) is 56.6 Å². The Kier molecular flexibility index (Phi) is 13.7. The summed E-state index contributed by atoms with van der Waals surface area (Å²) in [5.74, 6) is 0.754. The van der Waals surface area contributed by atoms with Gasteiger partial charge in [-0.2, -0.15) is 0 Å². The van der Waals surface area contributed by atoms with Crippen LogP contribution >= 0.6 is 30.1 Å². The highest BCUT2D eigenvalue weighted by Gasteiger charge is 2.47. The molecule has 1 aliphatic rings. The molecule has 238 valence electrons. The predicted octanol–water partition coefficient (Wildman–Crippen LogP) is 5.77. The summed E-state index contributed by atoms with van der Waals surface area (Å²) in [6.07, 6.45) is -4.03. The molecule has 2 heterocycles. The van der Waals surface area contributed by atoms with Crippen LogP contribution < -0.4 is 16.0 Å². The Balaban J connectivity index is 0.00000216. The van der Waals surface area contributed by atoms with Gasteiger partial charge in [0.15, 0.2) is 12.4 Å². The number of aromatic amines is 1. The van der Waals surface area contributed by atoms with Gasteiger partial charge in [-0.3, -0.25) is 14.3 Å². The molecule has 0 saturated carbocycles. The number of aliphatic hydroxyl groups is 1. The fourth-order valence-electron chi connectivity index (χ4n) is 3.98. The monoisotopic (exact) mass is 652 g/mol. The van der Waals surface area contributed by atoms with Crippen molar-refractivity contribution in [1.29, 1.82) is 1.43 Å². The number of para-hydroxylation sites is 1. The summed E-state index contributed by atoms with van der Waals surface area (Å²) >= 11 is 0. The second-order valence-corrected chi connectivity index (χ2v) is 15.2. The minimum Gasteiger partial charge on any atom is -0.490 e. The quantitative estimate of drug-likeness (QED) is 0.157. The molecule has 42 heavy (non-hydrogen) atoms. The molecule has 0 radical (unpaired) electrons. The number of nitrogens with zero attached hydrogens (tertiary/aromatic N) is 2. The van der Waals surface area contributed by atoms with Gasteiger partial charge < -0.3 is 23.6 Å². The Bertz CT molecular complexity index is 1250. The third-order valence-corrected chi connectivity index (χ3v) is 11.1. The third kappa shape index (κ3) is 10.6. The number of alkyl halides is 1. The number of aromatic nitrogens is 2. The van der Waals surface area contributed by atoms with Gasteiger partial charge in [0.25, 0.3) is 14.1 Å². The summed E-state index contributed by atoms with van der Waals surface area (Å²) in [6.45, 7) is 14.6. The van der Waals surface area contributed by atoms with Gasteiger partial charge >= 0.3 is 5.69 Å². The fourth-order valence-corrected chi connectivity index (χ4v) is 7.84. The highest BCUT2D eigenvalue weighted by Crippen LogP contribution is 2.50. The number of benzene rings is 1. The highest BCUT2D eigenvalue weighted by atomic mass is 33.1. The van der Waals surface area contributed by atoms with Gasteiger partial charge in [0, 0.05) is 37.6 Å². The van der Waals surface area contributed by atoms with E-state index < -0.39 is 44.4 Å². The molecule has 0 bridgehead atoms. The average molecular weight is 653 g/mol. The summed E-state index contributed by atoms with van der Waals surface area (Å²) in [5, 5.41) is 3.50. The summed E-state index contributed by atoms with van der Waals surface area (Å²) in [6, 6.07) is 8.97. The lowest BCUT2D eigenvalue weighted by atomic mass is 10.2. The Labute approximate surface area is 259 Å². The van der Waals surface area contributed by atoms with Gasteiger partial charge in [0.2, 0.25) is 1.43 Å². The Morgan fingerprint density at radius 3 is 2.50 bits per heavy atom. The second-order valence-electron chi connectivity index (χ2n) is 10.8. The molecule has 5 unspecified atom stereocenters. The molecule has 1 aliphatic heterocycles. The molecule has 10 nitrogen and oxygen atoms in total. The van der Waals surface area contributed by atoms with Crippen molar-refractivity contribution >= 4 is 30.1 Å². The Hall–Kier alpha value is -1.44. The van der Waals surface area contributed by atoms with Gasteiger partial charge in [0.05, 0.1) is 17.6 Å². The zero-order valence-electron chi connectivity index (χ0n) is 27.4. The molecule has 0 aliphatic carbocycles. The smallest absolute Gasteiger partial charge is 0.330 e. The second kappa shape index (κ2) is 17.2. The zero-order chi connectivity index (χ0) is 33.0. The van der Waals surface area contributed by atoms with Gasteiger partial charge in [-0.05, 0) is 46.7 Å². The first-order valence-corrected chi connectivity index (χ1v) is 16.9. The van der Waals surface area contributed by atoms with Crippen LogP contribution in [-0.4, -0.2) is 76.3 Å². The minimum absolute atomic E-state index is 0.0148. The maximum absolute atomic E-state index is 15.8. The lowest BCUT2D eigenvalue weighted by Crippen LogP contribution is -2.38. The van der Waals surface area contributed by atoms with E-state index in [0.29, 0.717) is 0 Å². The number of H-pyrrole nitrogens is 1. The third-order valence-electron chi connectivity index (χ3n) is 5.62. The van der Waals surface area contributed by atoms with Gasteiger partial charge in [0.1, 0.15) is 18.5 Å². The number of aliphatic hydroxyl groups excluding tert-OH is 1. The Morgan fingerprint density at radius 2 is 1.90 bits per heavy atom. The van der Waals surface area contributed by atoms with Crippen molar-refractivity contribution in [3.63, 3.8) is 0 Å². The van der Waals surface area contributed by atoms with Crippen molar-refractivity contribution in [3.05, 3.63) is 57.4 Å². The van der Waals surface area contributed by atoms with Crippen molar-refractivity contribution in [3.8, 4) is 5.75 Å². The largest absolute Gasteiger partial charge is 0.490 e. The van der Waals surface area contributed by atoms with Crippen LogP contribution in [0.2, 0.25) is 0 Å². The van der Waals surface area contributed by atoms with Gasteiger partial charge in [-0.25, -0.2) is 13.9 Å². The normalized spacial score (nSPS) is 22.1. The van der Waals surface area contributed by atoms with Crippen molar-refractivity contribution < 1.29 is 29.4 Å². The van der Waals surface area contributed by atoms with E-state index in [1.54, 1.807) is 21.6 Å². The molecule has 1 aromatic heterocycles. The van der Waals surface area contributed by atoms with E-state index in [-0.39, 0.29) is 36.9 Å². The maximum Gasteiger partial charge on any atom is 0.330 e. The van der Waals surface area contributed by atoms with Crippen molar-refractivity contribution in [1.82, 2.24) is 14.2 Å². The topological polar surface area (TPSA) is 115 Å². The molecule has 1 aromatic carbocycles. The SMILES string of the molecule is [2H]CC1OC(n2ccc(=O)[nH]c2=O)C(F)C1OP(OCCOc1ccccc1SSC(C)(C)C)N(C(C)C)C(C)C.[3H]OC. The van der Waals surface area contributed by atoms with Crippen LogP contribution in [0.4, 0.5) is 4.39 Å². The number of hydrogen-bond acceptors (Lipinski definition) is 10. The van der Waals surface area contributed by atoms with Gasteiger partial charge in [-0.15, -0.1) is 0 Å². The van der Waals surface area contributed by atoms with Crippen molar-refractivity contribution in [2.45, 2.75) is 102 Å². The maximum atomic E-state index is 15.8. The summed E-state index contributed by atoms with van der Waals surface area (Å²) in [7, 11) is 2.92. The van der Waals surface area contributed by atoms with Crippen molar-refractivity contribution in [2.24, 2.45) is 0 Å². The summed E-state index contributed by atoms with van der Waals surface area (Å²) < 4.78 is 56.9. The number of nitrogens with one attached hydrogen (secondary N) is 1. The molecule has 1 fully saturated rings. The lowest BCUT2D eigenvalue weighted by molar-refractivity contribution is -0.0181. The van der Waals surface area contributed by atoms with E-state index >= 15 is 4.39 Å². The fraction of sp³-hybridized carbons (Fsp3) is 0.643. The summed E-state index contributed by atoms with van der Waals surface area (Å²) in [4.78, 5) is 26.9. The van der Waals surface area contributed by atoms with Crippen molar-refractivity contribution in [2.75, 3.05) is 20.3 Å². The predicted molar refractivity (Wildman–Crippen MR) is 169 cm³/mol. The van der Waals surface area contributed by atoms with Crippen LogP contribution in [0.15, 0.2) is 51.0 Å².